The second kappa shape index (κ2) is 4.33. The van der Waals surface area contributed by atoms with Gasteiger partial charge in [-0.25, -0.2) is 0 Å². The van der Waals surface area contributed by atoms with E-state index < -0.39 is 0 Å². The number of hydrogen-bond acceptors (Lipinski definition) is 2. The van der Waals surface area contributed by atoms with Crippen LogP contribution in [0.25, 0.3) is 0 Å². The Morgan fingerprint density at radius 1 is 1.43 bits per heavy atom. The summed E-state index contributed by atoms with van der Waals surface area (Å²) in [5.74, 6) is 1.02. The fourth-order valence-electron chi connectivity index (χ4n) is 1.10. The van der Waals surface area contributed by atoms with Crippen molar-refractivity contribution in [2.24, 2.45) is 0 Å². The first-order valence-corrected chi connectivity index (χ1v) is 4.54. The summed E-state index contributed by atoms with van der Waals surface area (Å²) < 4.78 is 5.15. The molecule has 0 aliphatic heterocycles. The van der Waals surface area contributed by atoms with Crippen LogP contribution in [0.4, 0.5) is 0 Å². The van der Waals surface area contributed by atoms with Crippen molar-refractivity contribution in [1.82, 2.24) is 4.90 Å². The van der Waals surface area contributed by atoms with Crippen molar-refractivity contribution in [1.29, 1.82) is 5.41 Å². The van der Waals surface area contributed by atoms with E-state index in [9.17, 15) is 0 Å². The summed E-state index contributed by atoms with van der Waals surface area (Å²) in [5, 5.41) is 8.41. The van der Waals surface area contributed by atoms with Gasteiger partial charge in [0.05, 0.1) is 12.7 Å². The number of benzene rings is 1. The number of ether oxygens (including phenoxy) is 1. The van der Waals surface area contributed by atoms with E-state index in [1.807, 2.05) is 14.1 Å². The first-order chi connectivity index (χ1) is 6.56. The monoisotopic (exact) mass is 212 g/mol. The predicted octanol–water partition coefficient (Wildman–Crippen LogP) is 2.24. The summed E-state index contributed by atoms with van der Waals surface area (Å²) >= 11 is 5.82. The number of rotatable bonds is 2. The maximum absolute atomic E-state index is 7.80. The van der Waals surface area contributed by atoms with Gasteiger partial charge in [0, 0.05) is 19.1 Å². The first-order valence-electron chi connectivity index (χ1n) is 4.16. The molecule has 1 aromatic rings. The Balaban J connectivity index is 3.14. The average Bonchev–Trinajstić information content (AvgIpc) is 2.16. The van der Waals surface area contributed by atoms with Crippen molar-refractivity contribution < 1.29 is 4.74 Å². The van der Waals surface area contributed by atoms with Gasteiger partial charge in [-0.1, -0.05) is 11.6 Å². The Kier molecular flexibility index (Phi) is 3.36. The number of hydrogen-bond donors (Lipinski definition) is 1. The van der Waals surface area contributed by atoms with Crippen molar-refractivity contribution >= 4 is 17.4 Å². The molecule has 0 fully saturated rings. The normalized spacial score (nSPS) is 9.71. The molecule has 0 aromatic heterocycles. The Labute approximate surface area is 88.8 Å². The van der Waals surface area contributed by atoms with Crippen molar-refractivity contribution in [3.05, 3.63) is 28.8 Å². The molecule has 14 heavy (non-hydrogen) atoms. The zero-order chi connectivity index (χ0) is 10.7. The topological polar surface area (TPSA) is 36.3 Å². The summed E-state index contributed by atoms with van der Waals surface area (Å²) in [6.07, 6.45) is 0. The van der Waals surface area contributed by atoms with Crippen LogP contribution in [-0.2, 0) is 0 Å². The Morgan fingerprint density at radius 2 is 2.07 bits per heavy atom. The molecule has 0 saturated carbocycles. The summed E-state index contributed by atoms with van der Waals surface area (Å²) in [6, 6.07) is 5.23. The molecule has 1 N–H and O–H groups in total. The molecule has 3 nitrogen and oxygen atoms in total. The van der Waals surface area contributed by atoms with Gasteiger partial charge in [0.25, 0.3) is 0 Å². The van der Waals surface area contributed by atoms with Gasteiger partial charge in [-0.2, -0.15) is 0 Å². The molecule has 0 unspecified atom stereocenters. The van der Waals surface area contributed by atoms with E-state index in [1.165, 1.54) is 0 Å². The highest BCUT2D eigenvalue weighted by molar-refractivity contribution is 6.30. The molecular formula is C10H13ClN2O. The van der Waals surface area contributed by atoms with Crippen LogP contribution >= 0.6 is 11.6 Å². The van der Waals surface area contributed by atoms with E-state index in [0.29, 0.717) is 16.6 Å². The fourth-order valence-corrected chi connectivity index (χ4v) is 1.26. The second-order valence-electron chi connectivity index (χ2n) is 3.09. The molecule has 0 saturated heterocycles. The molecule has 0 aliphatic carbocycles. The van der Waals surface area contributed by atoms with E-state index in [4.69, 9.17) is 21.7 Å². The summed E-state index contributed by atoms with van der Waals surface area (Å²) in [4.78, 5) is 1.71. The van der Waals surface area contributed by atoms with Gasteiger partial charge < -0.3 is 9.64 Å². The van der Waals surface area contributed by atoms with Gasteiger partial charge in [-0.3, -0.25) is 5.41 Å². The number of nitrogens with one attached hydrogen (secondary N) is 1. The van der Waals surface area contributed by atoms with Gasteiger partial charge >= 0.3 is 0 Å². The van der Waals surface area contributed by atoms with Gasteiger partial charge in [-0.05, 0) is 18.2 Å². The SMILES string of the molecule is COc1cc(Cl)ccc1C(=N)N(C)C. The van der Waals surface area contributed by atoms with E-state index in [2.05, 4.69) is 0 Å². The third-order valence-corrected chi connectivity index (χ3v) is 2.10. The highest BCUT2D eigenvalue weighted by Crippen LogP contribution is 2.23. The van der Waals surface area contributed by atoms with Gasteiger partial charge in [0.2, 0.25) is 0 Å². The maximum Gasteiger partial charge on any atom is 0.131 e. The molecule has 76 valence electrons. The Hall–Kier alpha value is -1.22. The van der Waals surface area contributed by atoms with Crippen LogP contribution in [0.1, 0.15) is 5.56 Å². The molecule has 0 bridgehead atoms. The minimum absolute atomic E-state index is 0.401. The minimum Gasteiger partial charge on any atom is -0.496 e. The molecule has 4 heteroatoms. The third-order valence-electron chi connectivity index (χ3n) is 1.87. The fraction of sp³-hybridized carbons (Fsp3) is 0.300. The van der Waals surface area contributed by atoms with Gasteiger partial charge in [0.15, 0.2) is 0 Å². The Morgan fingerprint density at radius 3 is 2.57 bits per heavy atom. The summed E-state index contributed by atoms with van der Waals surface area (Å²) in [7, 11) is 5.20. The minimum atomic E-state index is 0.401. The van der Waals surface area contributed by atoms with E-state index in [0.717, 1.165) is 5.56 Å². The smallest absolute Gasteiger partial charge is 0.131 e. The third kappa shape index (κ3) is 2.17. The Bertz CT molecular complexity index is 350. The van der Waals surface area contributed by atoms with Crippen LogP contribution in [0, 0.1) is 5.41 Å². The maximum atomic E-state index is 7.80. The molecule has 1 aromatic carbocycles. The van der Waals surface area contributed by atoms with Crippen LogP contribution in [0.2, 0.25) is 5.02 Å². The standard InChI is InChI=1S/C10H13ClN2O/c1-13(2)10(12)8-5-4-7(11)6-9(8)14-3/h4-6,12H,1-3H3. The molecule has 0 heterocycles. The highest BCUT2D eigenvalue weighted by atomic mass is 35.5. The van der Waals surface area contributed by atoms with Crippen molar-refractivity contribution in [2.45, 2.75) is 0 Å². The zero-order valence-corrected chi connectivity index (χ0v) is 9.22. The van der Waals surface area contributed by atoms with Crippen molar-refractivity contribution in [3.8, 4) is 5.75 Å². The zero-order valence-electron chi connectivity index (χ0n) is 8.47. The highest BCUT2D eigenvalue weighted by Gasteiger charge is 2.10. The molecule has 0 atom stereocenters. The van der Waals surface area contributed by atoms with Crippen molar-refractivity contribution in [3.63, 3.8) is 0 Å². The lowest BCUT2D eigenvalue weighted by Gasteiger charge is -2.16. The van der Waals surface area contributed by atoms with Crippen LogP contribution < -0.4 is 4.74 Å². The first kappa shape index (κ1) is 10.9. The predicted molar refractivity (Wildman–Crippen MR) is 58.5 cm³/mol. The average molecular weight is 213 g/mol. The van der Waals surface area contributed by atoms with Crippen LogP contribution in [0.5, 0.6) is 5.75 Å². The molecule has 0 amide bonds. The van der Waals surface area contributed by atoms with Gasteiger partial charge in [0.1, 0.15) is 11.6 Å². The molecule has 0 aliphatic rings. The van der Waals surface area contributed by atoms with Gasteiger partial charge in [-0.15, -0.1) is 0 Å². The van der Waals surface area contributed by atoms with Crippen LogP contribution in [-0.4, -0.2) is 31.9 Å². The lowest BCUT2D eigenvalue weighted by atomic mass is 10.1. The quantitative estimate of drug-likeness (QED) is 0.603. The molecule has 0 spiro atoms. The van der Waals surface area contributed by atoms with Crippen molar-refractivity contribution in [2.75, 3.05) is 21.2 Å². The van der Waals surface area contributed by atoms with E-state index >= 15 is 0 Å². The summed E-state index contributed by atoms with van der Waals surface area (Å²) in [5.41, 5.74) is 0.738. The van der Waals surface area contributed by atoms with Crippen LogP contribution in [0.3, 0.4) is 0 Å². The van der Waals surface area contributed by atoms with Crippen LogP contribution in [0.15, 0.2) is 18.2 Å². The van der Waals surface area contributed by atoms with E-state index in [1.54, 1.807) is 30.2 Å². The lowest BCUT2D eigenvalue weighted by molar-refractivity contribution is 0.412. The molecule has 0 radical (unpaired) electrons. The second-order valence-corrected chi connectivity index (χ2v) is 3.52. The molecular weight excluding hydrogens is 200 g/mol. The number of halogens is 1. The van der Waals surface area contributed by atoms with E-state index in [-0.39, 0.29) is 0 Å². The summed E-state index contributed by atoms with van der Waals surface area (Å²) in [6.45, 7) is 0. The largest absolute Gasteiger partial charge is 0.496 e. The number of nitrogens with zero attached hydrogens (tertiary/aromatic N) is 1. The number of amidine groups is 1. The number of methoxy groups -OCH3 is 1. The molecule has 1 rings (SSSR count). The lowest BCUT2D eigenvalue weighted by Crippen LogP contribution is -2.22.